The molecule has 0 aliphatic carbocycles. The topological polar surface area (TPSA) is 41.4 Å². The molecular formula is C18H30NO4+. The molecule has 5 nitrogen and oxygen atoms in total. The smallest absolute Gasteiger partial charge is 0.161 e. The number of quaternary nitrogens is 1. The zero-order valence-electron chi connectivity index (χ0n) is 14.8. The second kappa shape index (κ2) is 9.11. The summed E-state index contributed by atoms with van der Waals surface area (Å²) in [6.45, 7) is 11.3. The highest BCUT2D eigenvalue weighted by Crippen LogP contribution is 2.27. The molecule has 1 aliphatic rings. The van der Waals surface area contributed by atoms with Gasteiger partial charge in [-0.05, 0) is 38.5 Å². The fraction of sp³-hybridized carbons (Fsp3) is 0.667. The van der Waals surface area contributed by atoms with E-state index >= 15 is 0 Å². The lowest BCUT2D eigenvalue weighted by Gasteiger charge is -2.32. The summed E-state index contributed by atoms with van der Waals surface area (Å²) < 4.78 is 22.5. The van der Waals surface area contributed by atoms with Gasteiger partial charge in [0.05, 0.1) is 20.3 Å². The average molecular weight is 324 g/mol. The van der Waals surface area contributed by atoms with Gasteiger partial charge in [-0.25, -0.2) is 0 Å². The van der Waals surface area contributed by atoms with Crippen LogP contribution < -0.4 is 14.4 Å². The number of hydrogen-bond acceptors (Lipinski definition) is 4. The van der Waals surface area contributed by atoms with E-state index < -0.39 is 0 Å². The second-order valence-electron chi connectivity index (χ2n) is 6.28. The molecule has 1 aromatic rings. The van der Waals surface area contributed by atoms with Crippen molar-refractivity contribution in [3.63, 3.8) is 0 Å². The minimum Gasteiger partial charge on any atom is -0.493 e. The number of nitrogens with one attached hydrogen (secondary N) is 1. The number of ether oxygens (including phenoxy) is 4. The Morgan fingerprint density at radius 2 is 1.83 bits per heavy atom. The van der Waals surface area contributed by atoms with Crippen LogP contribution in [-0.4, -0.2) is 58.8 Å². The van der Waals surface area contributed by atoms with Crippen molar-refractivity contribution in [2.75, 3.05) is 46.6 Å². The molecule has 130 valence electrons. The fourth-order valence-electron chi connectivity index (χ4n) is 3.02. The van der Waals surface area contributed by atoms with E-state index in [-0.39, 0.29) is 0 Å². The van der Waals surface area contributed by atoms with E-state index in [1.807, 2.05) is 25.1 Å². The van der Waals surface area contributed by atoms with Crippen molar-refractivity contribution in [2.45, 2.75) is 33.0 Å². The Hall–Kier alpha value is -1.30. The maximum absolute atomic E-state index is 5.75. The zero-order chi connectivity index (χ0) is 16.7. The molecule has 5 heteroatoms. The Bertz CT molecular complexity index is 470. The van der Waals surface area contributed by atoms with Crippen molar-refractivity contribution < 1.29 is 23.8 Å². The first-order valence-corrected chi connectivity index (χ1v) is 8.42. The van der Waals surface area contributed by atoms with Gasteiger partial charge in [-0.15, -0.1) is 0 Å². The van der Waals surface area contributed by atoms with Gasteiger partial charge in [0.2, 0.25) is 0 Å². The standard InChI is InChI=1S/C18H29NO4/c1-14-5-6-17(18(11-14)20-4)22-10-9-21-8-7-19-12-15(2)23-16(3)13-19/h5-6,11,15-16H,7-10,12-13H2,1-4H3/p+1/t15-,16-/m1/s1. The normalized spacial score (nSPS) is 24.4. The lowest BCUT2D eigenvalue weighted by molar-refractivity contribution is -0.915. The highest BCUT2D eigenvalue weighted by molar-refractivity contribution is 5.42. The van der Waals surface area contributed by atoms with E-state index in [1.54, 1.807) is 12.0 Å². The van der Waals surface area contributed by atoms with E-state index in [2.05, 4.69) is 13.8 Å². The molecule has 1 aliphatic heterocycles. The van der Waals surface area contributed by atoms with E-state index in [0.717, 1.165) is 43.3 Å². The lowest BCUT2D eigenvalue weighted by atomic mass is 10.2. The van der Waals surface area contributed by atoms with Gasteiger partial charge in [-0.1, -0.05) is 6.07 Å². The molecule has 0 aromatic heterocycles. The largest absolute Gasteiger partial charge is 0.493 e. The first kappa shape index (κ1) is 18.0. The molecule has 0 bridgehead atoms. The molecule has 0 radical (unpaired) electrons. The van der Waals surface area contributed by atoms with Gasteiger partial charge >= 0.3 is 0 Å². The molecule has 0 amide bonds. The van der Waals surface area contributed by atoms with Crippen LogP contribution in [0.15, 0.2) is 18.2 Å². The van der Waals surface area contributed by atoms with Crippen LogP contribution in [0.25, 0.3) is 0 Å². The van der Waals surface area contributed by atoms with Crippen molar-refractivity contribution in [1.82, 2.24) is 0 Å². The Balaban J connectivity index is 1.61. The van der Waals surface area contributed by atoms with Gasteiger partial charge in [-0.3, -0.25) is 0 Å². The van der Waals surface area contributed by atoms with Crippen LogP contribution in [0.1, 0.15) is 19.4 Å². The predicted molar refractivity (Wildman–Crippen MR) is 89.6 cm³/mol. The fourth-order valence-corrected chi connectivity index (χ4v) is 3.02. The molecule has 23 heavy (non-hydrogen) atoms. The van der Waals surface area contributed by atoms with Crippen molar-refractivity contribution in [3.8, 4) is 11.5 Å². The summed E-state index contributed by atoms with van der Waals surface area (Å²) in [4.78, 5) is 1.55. The van der Waals surface area contributed by atoms with Crippen LogP contribution in [0.4, 0.5) is 0 Å². The maximum atomic E-state index is 5.75. The van der Waals surface area contributed by atoms with E-state index in [0.29, 0.717) is 25.4 Å². The summed E-state index contributed by atoms with van der Waals surface area (Å²) in [6, 6.07) is 5.93. The highest BCUT2D eigenvalue weighted by Gasteiger charge is 2.24. The number of hydrogen-bond donors (Lipinski definition) is 1. The molecule has 0 spiro atoms. The minimum atomic E-state index is 0.339. The molecular weight excluding hydrogens is 294 g/mol. The predicted octanol–water partition coefficient (Wildman–Crippen LogP) is 1.09. The second-order valence-corrected chi connectivity index (χ2v) is 6.28. The van der Waals surface area contributed by atoms with Gasteiger partial charge in [-0.2, -0.15) is 0 Å². The van der Waals surface area contributed by atoms with Crippen LogP contribution >= 0.6 is 0 Å². The van der Waals surface area contributed by atoms with Crippen LogP contribution in [-0.2, 0) is 9.47 Å². The molecule has 0 unspecified atom stereocenters. The van der Waals surface area contributed by atoms with Crippen molar-refractivity contribution in [1.29, 1.82) is 0 Å². The molecule has 2 rings (SSSR count). The number of methoxy groups -OCH3 is 1. The van der Waals surface area contributed by atoms with Crippen LogP contribution in [0.2, 0.25) is 0 Å². The first-order chi connectivity index (χ1) is 11.1. The van der Waals surface area contributed by atoms with Gasteiger partial charge in [0, 0.05) is 0 Å². The molecule has 1 fully saturated rings. The van der Waals surface area contributed by atoms with Crippen LogP contribution in [0.3, 0.4) is 0 Å². The van der Waals surface area contributed by atoms with Gasteiger partial charge in [0.1, 0.15) is 38.4 Å². The maximum Gasteiger partial charge on any atom is 0.161 e. The minimum absolute atomic E-state index is 0.339. The summed E-state index contributed by atoms with van der Waals surface area (Å²) in [7, 11) is 1.66. The van der Waals surface area contributed by atoms with Crippen molar-refractivity contribution >= 4 is 0 Å². The molecule has 1 N–H and O–H groups in total. The van der Waals surface area contributed by atoms with Crippen molar-refractivity contribution in [2.24, 2.45) is 0 Å². The first-order valence-electron chi connectivity index (χ1n) is 8.42. The molecule has 2 atom stereocenters. The Labute approximate surface area is 139 Å². The third-order valence-corrected chi connectivity index (χ3v) is 4.02. The monoisotopic (exact) mass is 324 g/mol. The quantitative estimate of drug-likeness (QED) is 0.727. The number of morpholine rings is 1. The Morgan fingerprint density at radius 1 is 1.09 bits per heavy atom. The van der Waals surface area contributed by atoms with Crippen LogP contribution in [0, 0.1) is 6.92 Å². The summed E-state index contributed by atoms with van der Waals surface area (Å²) >= 11 is 0. The summed E-state index contributed by atoms with van der Waals surface area (Å²) in [6.07, 6.45) is 0.678. The Kier molecular flexibility index (Phi) is 7.15. The molecule has 1 aromatic carbocycles. The number of benzene rings is 1. The Morgan fingerprint density at radius 3 is 2.52 bits per heavy atom. The van der Waals surface area contributed by atoms with E-state index in [4.69, 9.17) is 18.9 Å². The number of aryl methyl sites for hydroxylation is 1. The van der Waals surface area contributed by atoms with Gasteiger partial charge in [0.15, 0.2) is 11.5 Å². The average Bonchev–Trinajstić information content (AvgIpc) is 2.50. The summed E-state index contributed by atoms with van der Waals surface area (Å²) in [5.74, 6) is 1.54. The van der Waals surface area contributed by atoms with Crippen LogP contribution in [0.5, 0.6) is 11.5 Å². The third kappa shape index (κ3) is 6.01. The highest BCUT2D eigenvalue weighted by atomic mass is 16.5. The number of rotatable bonds is 8. The van der Waals surface area contributed by atoms with Gasteiger partial charge in [0.25, 0.3) is 0 Å². The molecule has 0 saturated carbocycles. The molecule has 1 saturated heterocycles. The SMILES string of the molecule is COc1cc(C)ccc1OCCOCC[NH+]1C[C@@H](C)O[C@H](C)C1. The lowest BCUT2D eigenvalue weighted by Crippen LogP contribution is -3.15. The van der Waals surface area contributed by atoms with E-state index in [1.165, 1.54) is 0 Å². The van der Waals surface area contributed by atoms with E-state index in [9.17, 15) is 0 Å². The third-order valence-electron chi connectivity index (χ3n) is 4.02. The summed E-state index contributed by atoms with van der Waals surface area (Å²) in [5.41, 5.74) is 1.15. The van der Waals surface area contributed by atoms with Crippen molar-refractivity contribution in [3.05, 3.63) is 23.8 Å². The molecule has 1 heterocycles. The summed E-state index contributed by atoms with van der Waals surface area (Å²) in [5, 5.41) is 0. The zero-order valence-corrected chi connectivity index (χ0v) is 14.8. The van der Waals surface area contributed by atoms with Gasteiger partial charge < -0.3 is 23.8 Å².